The molecule has 0 radical (unpaired) electrons. The highest BCUT2D eigenvalue weighted by Gasteiger charge is 2.25. The van der Waals surface area contributed by atoms with Crippen molar-refractivity contribution in [2.24, 2.45) is 13.0 Å². The molecule has 12 heavy (non-hydrogen) atoms. The molecule has 0 unspecified atom stereocenters. The van der Waals surface area contributed by atoms with Gasteiger partial charge in [-0.05, 0) is 18.8 Å². The third-order valence-electron chi connectivity index (χ3n) is 2.06. The summed E-state index contributed by atoms with van der Waals surface area (Å²) < 4.78 is 1.56. The molecule has 0 saturated heterocycles. The Morgan fingerprint density at radius 2 is 2.50 bits per heavy atom. The van der Waals surface area contributed by atoms with Gasteiger partial charge in [0.05, 0.1) is 6.20 Å². The van der Waals surface area contributed by atoms with E-state index in [0.717, 1.165) is 0 Å². The largest absolute Gasteiger partial charge is 0.292 e. The maximum Gasteiger partial charge on any atom is 0.184 e. The standard InChI is InChI=1S/C8H11N3O/c1-11-5-7(9-10-11)8(12)4-6-2-3-6/h5-6H,2-4H2,1H3. The van der Waals surface area contributed by atoms with Crippen LogP contribution in [0.4, 0.5) is 0 Å². The third-order valence-corrected chi connectivity index (χ3v) is 2.06. The van der Waals surface area contributed by atoms with E-state index in [4.69, 9.17) is 0 Å². The van der Waals surface area contributed by atoms with Crippen molar-refractivity contribution >= 4 is 5.78 Å². The molecule has 1 aliphatic rings. The lowest BCUT2D eigenvalue weighted by Crippen LogP contribution is -2.00. The summed E-state index contributed by atoms with van der Waals surface area (Å²) >= 11 is 0. The van der Waals surface area contributed by atoms with Gasteiger partial charge >= 0.3 is 0 Å². The zero-order valence-electron chi connectivity index (χ0n) is 7.03. The molecule has 0 bridgehead atoms. The summed E-state index contributed by atoms with van der Waals surface area (Å²) in [5.41, 5.74) is 0.504. The highest BCUT2D eigenvalue weighted by atomic mass is 16.1. The van der Waals surface area contributed by atoms with E-state index in [9.17, 15) is 4.79 Å². The quantitative estimate of drug-likeness (QED) is 0.622. The Morgan fingerprint density at radius 3 is 3.00 bits per heavy atom. The summed E-state index contributed by atoms with van der Waals surface area (Å²) in [7, 11) is 1.76. The topological polar surface area (TPSA) is 47.8 Å². The molecule has 0 aromatic carbocycles. The molecule has 1 heterocycles. The summed E-state index contributed by atoms with van der Waals surface area (Å²) in [6, 6.07) is 0. The molecule has 0 N–H and O–H groups in total. The molecule has 0 aliphatic heterocycles. The van der Waals surface area contributed by atoms with Gasteiger partial charge in [0, 0.05) is 13.5 Å². The van der Waals surface area contributed by atoms with Crippen LogP contribution < -0.4 is 0 Å². The van der Waals surface area contributed by atoms with Gasteiger partial charge < -0.3 is 0 Å². The van der Waals surface area contributed by atoms with Crippen LogP contribution in [0.2, 0.25) is 0 Å². The summed E-state index contributed by atoms with van der Waals surface area (Å²) in [6.45, 7) is 0. The van der Waals surface area contributed by atoms with Gasteiger partial charge in [-0.25, -0.2) is 0 Å². The molecule has 1 aromatic rings. The number of aryl methyl sites for hydroxylation is 1. The van der Waals surface area contributed by atoms with E-state index in [-0.39, 0.29) is 5.78 Å². The van der Waals surface area contributed by atoms with Crippen molar-refractivity contribution < 1.29 is 4.79 Å². The van der Waals surface area contributed by atoms with Crippen LogP contribution in [0.15, 0.2) is 6.20 Å². The van der Waals surface area contributed by atoms with E-state index in [1.54, 1.807) is 17.9 Å². The molecule has 1 aliphatic carbocycles. The number of Topliss-reactive ketones (excluding diaryl/α,β-unsaturated/α-hetero) is 1. The second-order valence-electron chi connectivity index (χ2n) is 3.35. The molecule has 1 aromatic heterocycles. The fourth-order valence-corrected chi connectivity index (χ4v) is 1.16. The Hall–Kier alpha value is -1.19. The number of aromatic nitrogens is 3. The van der Waals surface area contributed by atoms with Crippen LogP contribution in [0, 0.1) is 5.92 Å². The molecule has 4 nitrogen and oxygen atoms in total. The van der Waals surface area contributed by atoms with Crippen LogP contribution in [0.5, 0.6) is 0 Å². The van der Waals surface area contributed by atoms with E-state index < -0.39 is 0 Å². The molecule has 64 valence electrons. The highest BCUT2D eigenvalue weighted by molar-refractivity contribution is 5.94. The van der Waals surface area contributed by atoms with Crippen molar-refractivity contribution in [1.82, 2.24) is 15.0 Å². The summed E-state index contributed by atoms with van der Waals surface area (Å²) in [5, 5.41) is 7.47. The fourth-order valence-electron chi connectivity index (χ4n) is 1.16. The Labute approximate surface area is 70.6 Å². The molecule has 4 heteroatoms. The van der Waals surface area contributed by atoms with Gasteiger partial charge in [-0.1, -0.05) is 5.21 Å². The number of nitrogens with zero attached hydrogens (tertiary/aromatic N) is 3. The van der Waals surface area contributed by atoms with Crippen LogP contribution in [0.25, 0.3) is 0 Å². The van der Waals surface area contributed by atoms with Gasteiger partial charge in [0.2, 0.25) is 0 Å². The van der Waals surface area contributed by atoms with Crippen molar-refractivity contribution in [3.63, 3.8) is 0 Å². The number of rotatable bonds is 3. The Kier molecular flexibility index (Phi) is 1.67. The van der Waals surface area contributed by atoms with Crippen molar-refractivity contribution in [3.8, 4) is 0 Å². The number of carbonyl (C=O) groups is 1. The molecule has 0 spiro atoms. The van der Waals surface area contributed by atoms with Gasteiger partial charge in [0.15, 0.2) is 5.78 Å². The third kappa shape index (κ3) is 1.52. The maximum atomic E-state index is 11.4. The first-order valence-corrected chi connectivity index (χ1v) is 4.15. The molecular formula is C8H11N3O. The average molecular weight is 165 g/mol. The fraction of sp³-hybridized carbons (Fsp3) is 0.625. The van der Waals surface area contributed by atoms with Crippen molar-refractivity contribution in [3.05, 3.63) is 11.9 Å². The van der Waals surface area contributed by atoms with E-state index in [0.29, 0.717) is 18.0 Å². The number of ketones is 1. The van der Waals surface area contributed by atoms with E-state index in [1.165, 1.54) is 12.8 Å². The van der Waals surface area contributed by atoms with Gasteiger partial charge in [0.1, 0.15) is 5.69 Å². The first-order chi connectivity index (χ1) is 5.75. The Balaban J connectivity index is 2.03. The zero-order valence-corrected chi connectivity index (χ0v) is 7.03. The van der Waals surface area contributed by atoms with Gasteiger partial charge in [-0.2, -0.15) is 0 Å². The van der Waals surface area contributed by atoms with Crippen LogP contribution in [-0.2, 0) is 7.05 Å². The number of hydrogen-bond donors (Lipinski definition) is 0. The average Bonchev–Trinajstić information content (AvgIpc) is 2.72. The lowest BCUT2D eigenvalue weighted by Gasteiger charge is -1.90. The van der Waals surface area contributed by atoms with E-state index in [2.05, 4.69) is 10.3 Å². The van der Waals surface area contributed by atoms with Gasteiger partial charge in [-0.15, -0.1) is 5.10 Å². The van der Waals surface area contributed by atoms with Gasteiger partial charge in [-0.3, -0.25) is 9.48 Å². The number of carbonyl (C=O) groups excluding carboxylic acids is 1. The maximum absolute atomic E-state index is 11.4. The Morgan fingerprint density at radius 1 is 1.75 bits per heavy atom. The summed E-state index contributed by atoms with van der Waals surface area (Å²) in [6.07, 6.45) is 4.72. The predicted octanol–water partition coefficient (Wildman–Crippen LogP) is 0.798. The second-order valence-corrected chi connectivity index (χ2v) is 3.35. The molecule has 0 amide bonds. The van der Waals surface area contributed by atoms with Crippen LogP contribution in [0.3, 0.4) is 0 Å². The monoisotopic (exact) mass is 165 g/mol. The van der Waals surface area contributed by atoms with Crippen molar-refractivity contribution in [2.75, 3.05) is 0 Å². The molecule has 1 saturated carbocycles. The van der Waals surface area contributed by atoms with E-state index in [1.807, 2.05) is 0 Å². The van der Waals surface area contributed by atoms with Crippen LogP contribution in [0.1, 0.15) is 29.8 Å². The lowest BCUT2D eigenvalue weighted by molar-refractivity contribution is 0.0971. The minimum Gasteiger partial charge on any atom is -0.292 e. The highest BCUT2D eigenvalue weighted by Crippen LogP contribution is 2.33. The molecule has 0 atom stereocenters. The first kappa shape index (κ1) is 7.46. The van der Waals surface area contributed by atoms with Crippen molar-refractivity contribution in [1.29, 1.82) is 0 Å². The molecular weight excluding hydrogens is 154 g/mol. The second kappa shape index (κ2) is 2.69. The van der Waals surface area contributed by atoms with Gasteiger partial charge in [0.25, 0.3) is 0 Å². The number of hydrogen-bond acceptors (Lipinski definition) is 3. The van der Waals surface area contributed by atoms with Crippen LogP contribution >= 0.6 is 0 Å². The predicted molar refractivity (Wildman–Crippen MR) is 42.7 cm³/mol. The SMILES string of the molecule is Cn1cc(C(=O)CC2CC2)nn1. The van der Waals surface area contributed by atoms with Crippen LogP contribution in [-0.4, -0.2) is 20.8 Å². The molecule has 2 rings (SSSR count). The normalized spacial score (nSPS) is 16.4. The smallest absolute Gasteiger partial charge is 0.184 e. The summed E-state index contributed by atoms with van der Waals surface area (Å²) in [5.74, 6) is 0.755. The zero-order chi connectivity index (χ0) is 8.55. The summed E-state index contributed by atoms with van der Waals surface area (Å²) in [4.78, 5) is 11.4. The van der Waals surface area contributed by atoms with E-state index >= 15 is 0 Å². The first-order valence-electron chi connectivity index (χ1n) is 4.15. The Bertz CT molecular complexity index is 301. The minimum absolute atomic E-state index is 0.130. The molecule has 1 fully saturated rings. The minimum atomic E-state index is 0.130. The van der Waals surface area contributed by atoms with Crippen molar-refractivity contribution in [2.45, 2.75) is 19.3 Å². The lowest BCUT2D eigenvalue weighted by atomic mass is 10.2.